The normalized spacial score (nSPS) is 16.8. The molecular weight excluding hydrogens is 398 g/mol. The van der Waals surface area contributed by atoms with Crippen LogP contribution in [0, 0.1) is 13.8 Å². The van der Waals surface area contributed by atoms with Gasteiger partial charge in [-0.1, -0.05) is 30.3 Å². The molecule has 1 aliphatic rings. The van der Waals surface area contributed by atoms with Gasteiger partial charge in [0.15, 0.2) is 5.96 Å². The molecule has 0 spiro atoms. The summed E-state index contributed by atoms with van der Waals surface area (Å²) in [6.45, 7) is 16.8. The minimum atomic E-state index is 0.288. The van der Waals surface area contributed by atoms with E-state index < -0.39 is 0 Å². The first-order chi connectivity index (χ1) is 15.5. The van der Waals surface area contributed by atoms with E-state index in [1.54, 1.807) is 0 Å². The molecule has 1 saturated heterocycles. The van der Waals surface area contributed by atoms with Gasteiger partial charge in [0, 0.05) is 64.6 Å². The zero-order chi connectivity index (χ0) is 22.9. The highest BCUT2D eigenvalue weighted by atomic mass is 15.3. The van der Waals surface area contributed by atoms with Gasteiger partial charge in [0.25, 0.3) is 0 Å². The molecule has 3 rings (SSSR count). The zero-order valence-electron chi connectivity index (χ0n) is 20.6. The number of hydrogen-bond donors (Lipinski definition) is 2. The van der Waals surface area contributed by atoms with E-state index >= 15 is 0 Å². The summed E-state index contributed by atoms with van der Waals surface area (Å²) < 4.78 is 1.97. The quantitative estimate of drug-likeness (QED) is 0.464. The van der Waals surface area contributed by atoms with Crippen LogP contribution < -0.4 is 10.6 Å². The molecule has 2 heterocycles. The Bertz CT molecular complexity index is 851. The van der Waals surface area contributed by atoms with Gasteiger partial charge in [0.2, 0.25) is 0 Å². The van der Waals surface area contributed by atoms with Gasteiger partial charge in [0.05, 0.1) is 12.2 Å². The Labute approximate surface area is 193 Å². The lowest BCUT2D eigenvalue weighted by Gasteiger charge is -2.34. The summed E-state index contributed by atoms with van der Waals surface area (Å²) in [4.78, 5) is 9.92. The van der Waals surface area contributed by atoms with Gasteiger partial charge in [-0.05, 0) is 45.2 Å². The van der Waals surface area contributed by atoms with E-state index in [1.807, 2.05) is 11.7 Å². The number of guanidine groups is 1. The predicted octanol–water partition coefficient (Wildman–Crippen LogP) is 2.34. The van der Waals surface area contributed by atoms with Crippen molar-refractivity contribution in [2.24, 2.45) is 12.0 Å². The first-order valence-corrected chi connectivity index (χ1v) is 12.0. The van der Waals surface area contributed by atoms with E-state index in [-0.39, 0.29) is 6.04 Å². The molecule has 0 amide bonds. The SMILES string of the molecule is CCNC(=NCCN1CCN(Cc2ccccc2)CC1)NC(C)Cc1c(C)nn(C)c1C. The van der Waals surface area contributed by atoms with Gasteiger partial charge in [-0.25, -0.2) is 0 Å². The van der Waals surface area contributed by atoms with Crippen LogP contribution in [0.15, 0.2) is 35.3 Å². The Kier molecular flexibility index (Phi) is 9.11. The van der Waals surface area contributed by atoms with Gasteiger partial charge >= 0.3 is 0 Å². The molecule has 0 aliphatic carbocycles. The number of nitrogens with zero attached hydrogens (tertiary/aromatic N) is 5. The second-order valence-electron chi connectivity index (χ2n) is 8.89. The summed E-state index contributed by atoms with van der Waals surface area (Å²) >= 11 is 0. The molecule has 1 unspecified atom stereocenters. The molecule has 2 N–H and O–H groups in total. The molecule has 0 saturated carbocycles. The Morgan fingerprint density at radius 3 is 2.41 bits per heavy atom. The highest BCUT2D eigenvalue weighted by Crippen LogP contribution is 2.14. The number of piperazine rings is 1. The van der Waals surface area contributed by atoms with Crippen LogP contribution in [-0.4, -0.2) is 77.4 Å². The second-order valence-corrected chi connectivity index (χ2v) is 8.89. The van der Waals surface area contributed by atoms with Gasteiger partial charge < -0.3 is 10.6 Å². The maximum Gasteiger partial charge on any atom is 0.191 e. The number of aryl methyl sites for hydroxylation is 2. The topological polar surface area (TPSA) is 60.7 Å². The fraction of sp³-hybridized carbons (Fsp3) is 0.600. The summed E-state index contributed by atoms with van der Waals surface area (Å²) in [6.07, 6.45) is 0.944. The molecule has 2 aromatic rings. The lowest BCUT2D eigenvalue weighted by atomic mass is 10.1. The average molecular weight is 440 g/mol. The van der Waals surface area contributed by atoms with Crippen LogP contribution in [-0.2, 0) is 20.0 Å². The Morgan fingerprint density at radius 2 is 1.78 bits per heavy atom. The molecule has 1 aliphatic heterocycles. The Morgan fingerprint density at radius 1 is 1.09 bits per heavy atom. The molecule has 7 heteroatoms. The van der Waals surface area contributed by atoms with Crippen molar-refractivity contribution in [3.05, 3.63) is 52.8 Å². The molecule has 7 nitrogen and oxygen atoms in total. The van der Waals surface area contributed by atoms with Crippen molar-refractivity contribution in [1.82, 2.24) is 30.2 Å². The van der Waals surface area contributed by atoms with Crippen LogP contribution in [0.25, 0.3) is 0 Å². The molecule has 32 heavy (non-hydrogen) atoms. The molecule has 0 bridgehead atoms. The summed E-state index contributed by atoms with van der Waals surface area (Å²) in [6, 6.07) is 11.1. The first kappa shape index (κ1) is 24.3. The lowest BCUT2D eigenvalue weighted by molar-refractivity contribution is 0.130. The van der Waals surface area contributed by atoms with Crippen molar-refractivity contribution in [3.8, 4) is 0 Å². The van der Waals surface area contributed by atoms with Crippen molar-refractivity contribution in [2.75, 3.05) is 45.8 Å². The summed E-state index contributed by atoms with van der Waals surface area (Å²) in [5.74, 6) is 0.905. The molecule has 1 aromatic carbocycles. The number of rotatable bonds is 9. The summed E-state index contributed by atoms with van der Waals surface area (Å²) in [5.41, 5.74) is 5.09. The average Bonchev–Trinajstić information content (AvgIpc) is 3.01. The fourth-order valence-electron chi connectivity index (χ4n) is 4.34. The smallest absolute Gasteiger partial charge is 0.191 e. The van der Waals surface area contributed by atoms with Gasteiger partial charge in [-0.3, -0.25) is 19.5 Å². The van der Waals surface area contributed by atoms with Gasteiger partial charge in [-0.15, -0.1) is 0 Å². The van der Waals surface area contributed by atoms with Gasteiger partial charge in [0.1, 0.15) is 0 Å². The van der Waals surface area contributed by atoms with Crippen LogP contribution in [0.2, 0.25) is 0 Å². The fourth-order valence-corrected chi connectivity index (χ4v) is 4.34. The molecule has 0 radical (unpaired) electrons. The third kappa shape index (κ3) is 7.07. The van der Waals surface area contributed by atoms with E-state index in [0.717, 1.165) is 70.4 Å². The van der Waals surface area contributed by atoms with Crippen molar-refractivity contribution in [1.29, 1.82) is 0 Å². The van der Waals surface area contributed by atoms with E-state index in [0.29, 0.717) is 0 Å². The number of aromatic nitrogens is 2. The largest absolute Gasteiger partial charge is 0.357 e. The first-order valence-electron chi connectivity index (χ1n) is 12.0. The number of nitrogens with one attached hydrogen (secondary N) is 2. The minimum Gasteiger partial charge on any atom is -0.357 e. The monoisotopic (exact) mass is 439 g/mol. The maximum atomic E-state index is 4.84. The van der Waals surface area contributed by atoms with E-state index in [1.165, 1.54) is 16.8 Å². The molecule has 176 valence electrons. The molecule has 1 atom stereocenters. The lowest BCUT2D eigenvalue weighted by Crippen LogP contribution is -2.47. The zero-order valence-corrected chi connectivity index (χ0v) is 20.6. The van der Waals surface area contributed by atoms with Gasteiger partial charge in [-0.2, -0.15) is 5.10 Å². The van der Waals surface area contributed by atoms with Crippen LogP contribution in [0.4, 0.5) is 0 Å². The summed E-state index contributed by atoms with van der Waals surface area (Å²) in [7, 11) is 2.01. The predicted molar refractivity (Wildman–Crippen MR) is 133 cm³/mol. The van der Waals surface area contributed by atoms with Crippen molar-refractivity contribution in [3.63, 3.8) is 0 Å². The van der Waals surface area contributed by atoms with Crippen molar-refractivity contribution >= 4 is 5.96 Å². The van der Waals surface area contributed by atoms with Crippen LogP contribution in [0.1, 0.15) is 36.4 Å². The molecule has 1 fully saturated rings. The van der Waals surface area contributed by atoms with E-state index in [9.17, 15) is 0 Å². The standard InChI is InChI=1S/C25H41N7/c1-6-26-25(28-20(2)18-24-21(3)29-30(5)22(24)4)27-12-13-31-14-16-32(17-15-31)19-23-10-8-7-9-11-23/h7-11,20H,6,12-19H2,1-5H3,(H2,26,27,28). The molecular formula is C25H41N7. The van der Waals surface area contributed by atoms with E-state index in [4.69, 9.17) is 4.99 Å². The van der Waals surface area contributed by atoms with Crippen molar-refractivity contribution < 1.29 is 0 Å². The van der Waals surface area contributed by atoms with Crippen molar-refractivity contribution in [2.45, 2.75) is 46.7 Å². The second kappa shape index (κ2) is 12.0. The van der Waals surface area contributed by atoms with Crippen LogP contribution in [0.5, 0.6) is 0 Å². The van der Waals surface area contributed by atoms with Crippen LogP contribution in [0.3, 0.4) is 0 Å². The minimum absolute atomic E-state index is 0.288. The molecule has 1 aromatic heterocycles. The van der Waals surface area contributed by atoms with E-state index in [2.05, 4.69) is 83.6 Å². The maximum absolute atomic E-state index is 4.84. The highest BCUT2D eigenvalue weighted by Gasteiger charge is 2.17. The number of benzene rings is 1. The number of hydrogen-bond acceptors (Lipinski definition) is 4. The highest BCUT2D eigenvalue weighted by molar-refractivity contribution is 5.80. The third-order valence-corrected chi connectivity index (χ3v) is 6.30. The Hall–Kier alpha value is -2.38. The van der Waals surface area contributed by atoms with Crippen LogP contribution >= 0.6 is 0 Å². The number of aliphatic imine (C=N–C) groups is 1. The third-order valence-electron chi connectivity index (χ3n) is 6.30. The Balaban J connectivity index is 1.43. The summed E-state index contributed by atoms with van der Waals surface area (Å²) in [5, 5.41) is 11.5.